The molecular weight excluding hydrogens is 352 g/mol. The highest BCUT2D eigenvalue weighted by atomic mass is 19.1. The molecule has 0 radical (unpaired) electrons. The van der Waals surface area contributed by atoms with E-state index in [0.717, 1.165) is 18.2 Å². The number of nitrogens with one attached hydrogen (secondary N) is 3. The van der Waals surface area contributed by atoms with Gasteiger partial charge in [0.2, 0.25) is 11.8 Å². The van der Waals surface area contributed by atoms with Crippen LogP contribution in [0.15, 0.2) is 42.5 Å². The van der Waals surface area contributed by atoms with Crippen LogP contribution in [0.5, 0.6) is 0 Å². The van der Waals surface area contributed by atoms with Crippen molar-refractivity contribution in [3.63, 3.8) is 0 Å². The molecule has 1 unspecified atom stereocenters. The summed E-state index contributed by atoms with van der Waals surface area (Å²) in [6.07, 6.45) is 0.438. The van der Waals surface area contributed by atoms with Crippen LogP contribution < -0.4 is 16.0 Å². The van der Waals surface area contributed by atoms with Gasteiger partial charge >= 0.3 is 0 Å². The summed E-state index contributed by atoms with van der Waals surface area (Å²) in [5.74, 6) is -1.64. The quantitative estimate of drug-likeness (QED) is 0.672. The molecule has 0 heterocycles. The van der Waals surface area contributed by atoms with Crippen molar-refractivity contribution in [3.8, 4) is 0 Å². The number of hydrogen-bond donors (Lipinski definition) is 3. The zero-order valence-electron chi connectivity index (χ0n) is 15.5. The Morgan fingerprint density at radius 3 is 2.19 bits per heavy atom. The van der Waals surface area contributed by atoms with E-state index in [2.05, 4.69) is 16.0 Å². The fourth-order valence-corrected chi connectivity index (χ4v) is 2.38. The lowest BCUT2D eigenvalue weighted by molar-refractivity contribution is -0.117. The van der Waals surface area contributed by atoms with Crippen molar-refractivity contribution in [1.82, 2.24) is 0 Å². The lowest BCUT2D eigenvalue weighted by atomic mass is 10.1. The van der Waals surface area contributed by atoms with Gasteiger partial charge in [-0.25, -0.2) is 8.78 Å². The molecule has 0 saturated carbocycles. The van der Waals surface area contributed by atoms with Crippen LogP contribution >= 0.6 is 0 Å². The number of carbonyl (C=O) groups excluding carboxylic acids is 2. The van der Waals surface area contributed by atoms with Gasteiger partial charge in [-0.15, -0.1) is 0 Å². The van der Waals surface area contributed by atoms with Crippen LogP contribution in [0.25, 0.3) is 0 Å². The molecular formula is C20H23F2N3O2. The normalized spacial score (nSPS) is 11.8. The van der Waals surface area contributed by atoms with Gasteiger partial charge < -0.3 is 16.0 Å². The van der Waals surface area contributed by atoms with E-state index >= 15 is 0 Å². The van der Waals surface area contributed by atoms with Gasteiger partial charge in [0.25, 0.3) is 0 Å². The molecule has 1 atom stereocenters. The third-order valence-electron chi connectivity index (χ3n) is 3.73. The van der Waals surface area contributed by atoms with Crippen LogP contribution in [0.3, 0.4) is 0 Å². The predicted molar refractivity (Wildman–Crippen MR) is 103 cm³/mol. The molecule has 0 aliphatic rings. The Bertz CT molecular complexity index is 807. The van der Waals surface area contributed by atoms with Gasteiger partial charge in [0.1, 0.15) is 17.7 Å². The van der Waals surface area contributed by atoms with Crippen molar-refractivity contribution in [2.75, 3.05) is 16.0 Å². The van der Waals surface area contributed by atoms with E-state index in [4.69, 9.17) is 0 Å². The smallest absolute Gasteiger partial charge is 0.246 e. The van der Waals surface area contributed by atoms with E-state index < -0.39 is 23.6 Å². The van der Waals surface area contributed by atoms with E-state index in [1.165, 1.54) is 0 Å². The minimum absolute atomic E-state index is 0.0597. The van der Waals surface area contributed by atoms with Crippen molar-refractivity contribution < 1.29 is 18.4 Å². The van der Waals surface area contributed by atoms with Gasteiger partial charge in [0.15, 0.2) is 0 Å². The molecule has 0 spiro atoms. The first-order valence-corrected chi connectivity index (χ1v) is 8.67. The third-order valence-corrected chi connectivity index (χ3v) is 3.73. The van der Waals surface area contributed by atoms with Crippen molar-refractivity contribution in [2.45, 2.75) is 33.2 Å². The Hall–Kier alpha value is -2.96. The number of amides is 2. The van der Waals surface area contributed by atoms with E-state index in [1.807, 2.05) is 13.8 Å². The minimum atomic E-state index is -0.710. The fourth-order valence-electron chi connectivity index (χ4n) is 2.38. The summed E-state index contributed by atoms with van der Waals surface area (Å²) in [6, 6.07) is 9.05. The van der Waals surface area contributed by atoms with Crippen LogP contribution in [-0.2, 0) is 9.59 Å². The summed E-state index contributed by atoms with van der Waals surface area (Å²) < 4.78 is 26.8. The number of benzene rings is 2. The lowest BCUT2D eigenvalue weighted by Crippen LogP contribution is -2.32. The molecule has 0 aliphatic carbocycles. The number of carbonyl (C=O) groups is 2. The minimum Gasteiger partial charge on any atom is -0.374 e. The highest BCUT2D eigenvalue weighted by molar-refractivity contribution is 5.96. The number of rotatable bonds is 7. The van der Waals surface area contributed by atoms with Gasteiger partial charge in [0, 0.05) is 23.9 Å². The van der Waals surface area contributed by atoms with Crippen molar-refractivity contribution in [2.24, 2.45) is 5.92 Å². The average Bonchev–Trinajstić information content (AvgIpc) is 2.59. The Morgan fingerprint density at radius 2 is 1.56 bits per heavy atom. The molecule has 144 valence electrons. The first-order valence-electron chi connectivity index (χ1n) is 8.67. The number of hydrogen-bond acceptors (Lipinski definition) is 3. The molecule has 5 nitrogen and oxygen atoms in total. The van der Waals surface area contributed by atoms with Crippen LogP contribution in [0, 0.1) is 17.6 Å². The fraction of sp³-hybridized carbons (Fsp3) is 0.300. The summed E-state index contributed by atoms with van der Waals surface area (Å²) in [6.45, 7) is 5.54. The monoisotopic (exact) mass is 375 g/mol. The molecule has 0 fully saturated rings. The van der Waals surface area contributed by atoms with Crippen LogP contribution in [0.4, 0.5) is 25.8 Å². The van der Waals surface area contributed by atoms with E-state index in [9.17, 15) is 18.4 Å². The maximum absolute atomic E-state index is 13.6. The number of halogens is 2. The molecule has 2 rings (SSSR count). The summed E-state index contributed by atoms with van der Waals surface area (Å²) >= 11 is 0. The van der Waals surface area contributed by atoms with Crippen molar-refractivity contribution in [3.05, 3.63) is 54.1 Å². The van der Waals surface area contributed by atoms with Crippen LogP contribution in [0.2, 0.25) is 0 Å². The van der Waals surface area contributed by atoms with Gasteiger partial charge in [0.05, 0.1) is 5.69 Å². The lowest BCUT2D eigenvalue weighted by Gasteiger charge is -2.16. The first kappa shape index (κ1) is 20.4. The van der Waals surface area contributed by atoms with Gasteiger partial charge in [-0.3, -0.25) is 9.59 Å². The number of anilines is 3. The molecule has 2 aromatic carbocycles. The molecule has 2 aromatic rings. The van der Waals surface area contributed by atoms with Gasteiger partial charge in [-0.2, -0.15) is 0 Å². The Balaban J connectivity index is 1.93. The molecule has 0 aromatic heterocycles. The van der Waals surface area contributed by atoms with Gasteiger partial charge in [-0.05, 0) is 49.2 Å². The Kier molecular flexibility index (Phi) is 6.87. The molecule has 0 bridgehead atoms. The zero-order chi connectivity index (χ0) is 20.0. The SMILES string of the molecule is CC(C)CC(=O)Nc1ccc(NC(C)C(=O)Nc2cc(F)ccc2F)cc1. The van der Waals surface area contributed by atoms with Gasteiger partial charge in [-0.1, -0.05) is 13.8 Å². The highest BCUT2D eigenvalue weighted by Crippen LogP contribution is 2.18. The van der Waals surface area contributed by atoms with E-state index in [0.29, 0.717) is 17.8 Å². The van der Waals surface area contributed by atoms with Crippen LogP contribution in [0.1, 0.15) is 27.2 Å². The summed E-state index contributed by atoms with van der Waals surface area (Å²) in [7, 11) is 0. The van der Waals surface area contributed by atoms with Crippen molar-refractivity contribution in [1.29, 1.82) is 0 Å². The Labute approximate surface area is 157 Å². The zero-order valence-corrected chi connectivity index (χ0v) is 15.5. The molecule has 27 heavy (non-hydrogen) atoms. The second-order valence-electron chi connectivity index (χ2n) is 6.70. The van der Waals surface area contributed by atoms with E-state index in [-0.39, 0.29) is 17.5 Å². The molecule has 0 aliphatic heterocycles. The predicted octanol–water partition coefficient (Wildman–Crippen LogP) is 4.39. The van der Waals surface area contributed by atoms with E-state index in [1.54, 1.807) is 31.2 Å². The molecule has 2 amide bonds. The first-order chi connectivity index (χ1) is 12.7. The highest BCUT2D eigenvalue weighted by Gasteiger charge is 2.15. The summed E-state index contributed by atoms with van der Waals surface area (Å²) in [5, 5.41) is 8.12. The molecule has 0 saturated heterocycles. The van der Waals surface area contributed by atoms with Crippen molar-refractivity contribution >= 4 is 28.9 Å². The standard InChI is InChI=1S/C20H23F2N3O2/c1-12(2)10-19(26)24-16-7-5-15(6-8-16)23-13(3)20(27)25-18-11-14(21)4-9-17(18)22/h4-9,11-13,23H,10H2,1-3H3,(H,24,26)(H,25,27). The molecule has 3 N–H and O–H groups in total. The second-order valence-corrected chi connectivity index (χ2v) is 6.70. The molecule has 7 heteroatoms. The maximum atomic E-state index is 13.6. The Morgan fingerprint density at radius 1 is 0.926 bits per heavy atom. The average molecular weight is 375 g/mol. The largest absolute Gasteiger partial charge is 0.374 e. The maximum Gasteiger partial charge on any atom is 0.246 e. The topological polar surface area (TPSA) is 70.2 Å². The summed E-state index contributed by atoms with van der Waals surface area (Å²) in [4.78, 5) is 23.9. The second kappa shape index (κ2) is 9.12. The summed E-state index contributed by atoms with van der Waals surface area (Å²) in [5.41, 5.74) is 1.10. The third kappa shape index (κ3) is 6.36. The van der Waals surface area contributed by atoms with Crippen LogP contribution in [-0.4, -0.2) is 17.9 Å².